The SMILES string of the molecule is O=C1c2ccccc2C(=O)N1N=C1CCc2ccccc2C1. The van der Waals surface area contributed by atoms with Gasteiger partial charge in [0, 0.05) is 12.1 Å². The smallest absolute Gasteiger partial charge is 0.267 e. The molecule has 2 amide bonds. The summed E-state index contributed by atoms with van der Waals surface area (Å²) >= 11 is 0. The van der Waals surface area contributed by atoms with Gasteiger partial charge in [-0.2, -0.15) is 10.1 Å². The fourth-order valence-corrected chi connectivity index (χ4v) is 3.06. The van der Waals surface area contributed by atoms with Crippen molar-refractivity contribution in [2.75, 3.05) is 0 Å². The van der Waals surface area contributed by atoms with E-state index in [2.05, 4.69) is 17.2 Å². The first-order valence-electron chi connectivity index (χ1n) is 7.35. The van der Waals surface area contributed by atoms with Gasteiger partial charge in [0.05, 0.1) is 11.1 Å². The molecule has 0 spiro atoms. The van der Waals surface area contributed by atoms with Crippen LogP contribution in [0.5, 0.6) is 0 Å². The summed E-state index contributed by atoms with van der Waals surface area (Å²) in [7, 11) is 0. The number of carbonyl (C=O) groups excluding carboxylic acids is 2. The van der Waals surface area contributed by atoms with E-state index in [9.17, 15) is 9.59 Å². The molecule has 2 aromatic rings. The van der Waals surface area contributed by atoms with Crippen molar-refractivity contribution in [3.8, 4) is 0 Å². The second-order valence-corrected chi connectivity index (χ2v) is 5.58. The van der Waals surface area contributed by atoms with Gasteiger partial charge in [-0.3, -0.25) is 9.59 Å². The number of hydrogen-bond acceptors (Lipinski definition) is 3. The van der Waals surface area contributed by atoms with Crippen molar-refractivity contribution in [3.05, 3.63) is 70.8 Å². The van der Waals surface area contributed by atoms with Crippen LogP contribution in [0.3, 0.4) is 0 Å². The summed E-state index contributed by atoms with van der Waals surface area (Å²) in [6.07, 6.45) is 2.38. The van der Waals surface area contributed by atoms with Gasteiger partial charge < -0.3 is 0 Å². The Morgan fingerprint density at radius 2 is 1.36 bits per heavy atom. The molecule has 22 heavy (non-hydrogen) atoms. The average molecular weight is 290 g/mol. The summed E-state index contributed by atoms with van der Waals surface area (Å²) in [5.41, 5.74) is 4.31. The van der Waals surface area contributed by atoms with E-state index in [4.69, 9.17) is 0 Å². The quantitative estimate of drug-likeness (QED) is 0.758. The van der Waals surface area contributed by atoms with Gasteiger partial charge in [0.1, 0.15) is 0 Å². The zero-order valence-corrected chi connectivity index (χ0v) is 12.0. The fourth-order valence-electron chi connectivity index (χ4n) is 3.06. The van der Waals surface area contributed by atoms with E-state index in [0.717, 1.165) is 23.6 Å². The number of benzene rings is 2. The van der Waals surface area contributed by atoms with Crippen LogP contribution in [-0.2, 0) is 12.8 Å². The first-order valence-corrected chi connectivity index (χ1v) is 7.35. The van der Waals surface area contributed by atoms with E-state index in [1.165, 1.54) is 11.1 Å². The largest absolute Gasteiger partial charge is 0.282 e. The molecule has 0 radical (unpaired) electrons. The number of hydrazone groups is 1. The number of aryl methyl sites for hydroxylation is 1. The lowest BCUT2D eigenvalue weighted by atomic mass is 9.90. The zero-order chi connectivity index (χ0) is 15.1. The van der Waals surface area contributed by atoms with Crippen LogP contribution in [0.25, 0.3) is 0 Å². The summed E-state index contributed by atoms with van der Waals surface area (Å²) in [6.45, 7) is 0. The second kappa shape index (κ2) is 4.91. The molecule has 0 saturated heterocycles. The Hall–Kier alpha value is -2.75. The predicted octanol–water partition coefficient (Wildman–Crippen LogP) is 2.83. The summed E-state index contributed by atoms with van der Waals surface area (Å²) in [5.74, 6) is -0.654. The van der Waals surface area contributed by atoms with Crippen LogP contribution < -0.4 is 0 Å². The van der Waals surface area contributed by atoms with E-state index in [0.29, 0.717) is 17.5 Å². The van der Waals surface area contributed by atoms with Gasteiger partial charge in [-0.15, -0.1) is 0 Å². The molecular weight excluding hydrogens is 276 g/mol. The van der Waals surface area contributed by atoms with E-state index < -0.39 is 0 Å². The van der Waals surface area contributed by atoms with Gasteiger partial charge in [-0.05, 0) is 36.1 Å². The molecule has 0 fully saturated rings. The first-order chi connectivity index (χ1) is 10.7. The highest BCUT2D eigenvalue weighted by atomic mass is 16.2. The molecule has 2 aliphatic rings. The fraction of sp³-hybridized carbons (Fsp3) is 0.167. The van der Waals surface area contributed by atoms with Crippen LogP contribution in [0.15, 0.2) is 53.6 Å². The highest BCUT2D eigenvalue weighted by Crippen LogP contribution is 2.25. The van der Waals surface area contributed by atoms with Crippen molar-refractivity contribution in [2.24, 2.45) is 5.10 Å². The summed E-state index contributed by atoms with van der Waals surface area (Å²) in [4.78, 5) is 24.6. The molecule has 4 rings (SSSR count). The number of amides is 2. The van der Waals surface area contributed by atoms with E-state index in [-0.39, 0.29) is 11.8 Å². The third kappa shape index (κ3) is 1.96. The molecule has 108 valence electrons. The number of rotatable bonds is 1. The molecule has 1 aliphatic carbocycles. The van der Waals surface area contributed by atoms with Crippen LogP contribution in [0.1, 0.15) is 38.3 Å². The first kappa shape index (κ1) is 13.0. The summed E-state index contributed by atoms with van der Waals surface area (Å²) in [6, 6.07) is 15.1. The lowest BCUT2D eigenvalue weighted by molar-refractivity contribution is 0.0658. The lowest BCUT2D eigenvalue weighted by Gasteiger charge is -2.18. The third-order valence-electron chi connectivity index (χ3n) is 4.21. The van der Waals surface area contributed by atoms with Crippen molar-refractivity contribution < 1.29 is 9.59 Å². The van der Waals surface area contributed by atoms with Crippen LogP contribution in [0.4, 0.5) is 0 Å². The van der Waals surface area contributed by atoms with Crippen molar-refractivity contribution in [2.45, 2.75) is 19.3 Å². The van der Waals surface area contributed by atoms with Crippen molar-refractivity contribution in [3.63, 3.8) is 0 Å². The Labute approximate surface area is 128 Å². The highest BCUT2D eigenvalue weighted by molar-refractivity contribution is 6.21. The predicted molar refractivity (Wildman–Crippen MR) is 82.8 cm³/mol. The number of carbonyl (C=O) groups is 2. The Balaban J connectivity index is 1.65. The zero-order valence-electron chi connectivity index (χ0n) is 12.0. The molecule has 0 atom stereocenters. The van der Waals surface area contributed by atoms with Gasteiger partial charge >= 0.3 is 0 Å². The molecule has 4 heteroatoms. The molecule has 0 aromatic heterocycles. The molecule has 0 saturated carbocycles. The van der Waals surface area contributed by atoms with Crippen molar-refractivity contribution in [1.82, 2.24) is 5.01 Å². The minimum absolute atomic E-state index is 0.327. The Bertz CT molecular complexity index is 788. The topological polar surface area (TPSA) is 49.7 Å². The van der Waals surface area contributed by atoms with Gasteiger partial charge in [0.15, 0.2) is 0 Å². The van der Waals surface area contributed by atoms with Crippen LogP contribution in [0, 0.1) is 0 Å². The molecule has 1 aliphatic heterocycles. The molecular formula is C18H14N2O2. The third-order valence-corrected chi connectivity index (χ3v) is 4.21. The highest BCUT2D eigenvalue weighted by Gasteiger charge is 2.35. The maximum absolute atomic E-state index is 12.3. The van der Waals surface area contributed by atoms with E-state index in [1.807, 2.05) is 12.1 Å². The number of imide groups is 1. The van der Waals surface area contributed by atoms with E-state index in [1.54, 1.807) is 24.3 Å². The Morgan fingerprint density at radius 1 is 0.773 bits per heavy atom. The van der Waals surface area contributed by atoms with Gasteiger partial charge in [-0.1, -0.05) is 36.4 Å². The minimum Gasteiger partial charge on any atom is -0.267 e. The Morgan fingerprint density at radius 3 is 2.05 bits per heavy atom. The minimum atomic E-state index is -0.327. The van der Waals surface area contributed by atoms with Gasteiger partial charge in [0.25, 0.3) is 11.8 Å². The number of hydrogen-bond donors (Lipinski definition) is 0. The van der Waals surface area contributed by atoms with Crippen LogP contribution in [-0.4, -0.2) is 22.5 Å². The maximum atomic E-state index is 12.3. The molecule has 2 aromatic carbocycles. The normalized spacial score (nSPS) is 18.5. The lowest BCUT2D eigenvalue weighted by Crippen LogP contribution is -2.27. The number of nitrogens with zero attached hydrogens (tertiary/aromatic N) is 2. The van der Waals surface area contributed by atoms with Crippen molar-refractivity contribution >= 4 is 17.5 Å². The molecule has 4 nitrogen and oxygen atoms in total. The van der Waals surface area contributed by atoms with Crippen LogP contribution in [0.2, 0.25) is 0 Å². The molecule has 0 unspecified atom stereocenters. The van der Waals surface area contributed by atoms with Gasteiger partial charge in [-0.25, -0.2) is 0 Å². The second-order valence-electron chi connectivity index (χ2n) is 5.58. The average Bonchev–Trinajstić information content (AvgIpc) is 2.80. The van der Waals surface area contributed by atoms with Crippen LogP contribution >= 0.6 is 0 Å². The van der Waals surface area contributed by atoms with E-state index >= 15 is 0 Å². The maximum Gasteiger partial charge on any atom is 0.282 e. The van der Waals surface area contributed by atoms with Crippen molar-refractivity contribution in [1.29, 1.82) is 0 Å². The molecule has 0 bridgehead atoms. The number of fused-ring (bicyclic) bond motifs is 2. The molecule has 1 heterocycles. The molecule has 0 N–H and O–H groups in total. The monoisotopic (exact) mass is 290 g/mol. The van der Waals surface area contributed by atoms with Gasteiger partial charge in [0.2, 0.25) is 0 Å². The summed E-state index contributed by atoms with van der Waals surface area (Å²) < 4.78 is 0. The Kier molecular flexibility index (Phi) is 2.89. The summed E-state index contributed by atoms with van der Waals surface area (Å²) in [5, 5.41) is 5.38. The standard InChI is InChI=1S/C18H14N2O2/c21-17-15-7-3-4-8-16(15)18(22)20(17)19-14-10-9-12-5-1-2-6-13(12)11-14/h1-8H,9-11H2.